The Hall–Kier alpha value is -0.790. The van der Waals surface area contributed by atoms with Crippen LogP contribution in [0.1, 0.15) is 27.2 Å². The zero-order valence-electron chi connectivity index (χ0n) is 12.5. The molecule has 0 bridgehead atoms. The van der Waals surface area contributed by atoms with Gasteiger partial charge in [-0.25, -0.2) is 0 Å². The largest absolute Gasteiger partial charge is 0.465 e. The van der Waals surface area contributed by atoms with Crippen LogP contribution < -0.4 is 11.1 Å². The van der Waals surface area contributed by atoms with Gasteiger partial charge in [-0.2, -0.15) is 0 Å². The van der Waals surface area contributed by atoms with Gasteiger partial charge in [0.15, 0.2) is 0 Å². The fraction of sp³-hybridized carbons (Fsp3) is 0.846. The number of nitrogens with two attached hydrogens (primary N) is 1. The Morgan fingerprint density at radius 2 is 2.05 bits per heavy atom. The molecule has 0 radical (unpaired) electrons. The van der Waals surface area contributed by atoms with Crippen LogP contribution in [0.5, 0.6) is 0 Å². The van der Waals surface area contributed by atoms with Crippen molar-refractivity contribution in [2.45, 2.75) is 39.3 Å². The number of ether oxygens (including phenoxy) is 2. The summed E-state index contributed by atoms with van der Waals surface area (Å²) in [4.78, 5) is 22.7. The quantitative estimate of drug-likeness (QED) is 0.428. The predicted octanol–water partition coefficient (Wildman–Crippen LogP) is 0.541. The van der Waals surface area contributed by atoms with Gasteiger partial charge in [0.2, 0.25) is 5.91 Å². The molecule has 0 saturated carbocycles. The normalized spacial score (nSPS) is 12.2. The molecule has 6 nitrogen and oxygen atoms in total. The maximum atomic E-state index is 11.5. The van der Waals surface area contributed by atoms with Gasteiger partial charge in [-0.3, -0.25) is 9.59 Å². The highest BCUT2D eigenvalue weighted by Crippen LogP contribution is 2.02. The number of rotatable bonds is 11. The van der Waals surface area contributed by atoms with Crippen LogP contribution in [0.3, 0.4) is 0 Å². The fourth-order valence-corrected chi connectivity index (χ4v) is 2.06. The van der Waals surface area contributed by atoms with Crippen LogP contribution in [0.4, 0.5) is 0 Å². The Morgan fingerprint density at radius 3 is 2.65 bits per heavy atom. The molecule has 118 valence electrons. The topological polar surface area (TPSA) is 90.7 Å². The van der Waals surface area contributed by atoms with Gasteiger partial charge in [-0.15, -0.1) is 11.8 Å². The third-order valence-electron chi connectivity index (χ3n) is 2.21. The smallest absolute Gasteiger partial charge is 0.323 e. The highest BCUT2D eigenvalue weighted by atomic mass is 32.2. The van der Waals surface area contributed by atoms with Crippen LogP contribution >= 0.6 is 11.8 Å². The summed E-state index contributed by atoms with van der Waals surface area (Å²) >= 11 is 1.32. The average Bonchev–Trinajstić information content (AvgIpc) is 2.38. The molecule has 1 atom stereocenters. The van der Waals surface area contributed by atoms with Crippen LogP contribution in [0, 0.1) is 0 Å². The number of esters is 1. The van der Waals surface area contributed by atoms with Crippen molar-refractivity contribution in [1.82, 2.24) is 5.32 Å². The van der Waals surface area contributed by atoms with Crippen LogP contribution in [0.25, 0.3) is 0 Å². The van der Waals surface area contributed by atoms with Crippen LogP contribution in [-0.4, -0.2) is 55.3 Å². The van der Waals surface area contributed by atoms with Crippen LogP contribution in [0.15, 0.2) is 0 Å². The van der Waals surface area contributed by atoms with Crippen molar-refractivity contribution in [2.75, 3.05) is 31.3 Å². The van der Waals surface area contributed by atoms with Gasteiger partial charge < -0.3 is 20.5 Å². The van der Waals surface area contributed by atoms with Gasteiger partial charge in [0.1, 0.15) is 6.04 Å². The van der Waals surface area contributed by atoms with Gasteiger partial charge >= 0.3 is 5.97 Å². The van der Waals surface area contributed by atoms with E-state index < -0.39 is 12.0 Å². The monoisotopic (exact) mass is 306 g/mol. The summed E-state index contributed by atoms with van der Waals surface area (Å²) in [5.41, 5.74) is 5.61. The third kappa shape index (κ3) is 11.1. The Bertz CT molecular complexity index is 288. The second-order valence-electron chi connectivity index (χ2n) is 4.50. The predicted molar refractivity (Wildman–Crippen MR) is 80.6 cm³/mol. The minimum Gasteiger partial charge on any atom is -0.465 e. The second-order valence-corrected chi connectivity index (χ2v) is 5.53. The number of amides is 1. The van der Waals surface area contributed by atoms with Crippen LogP contribution in [-0.2, 0) is 19.1 Å². The molecule has 0 aromatic carbocycles. The lowest BCUT2D eigenvalue weighted by molar-refractivity contribution is -0.144. The summed E-state index contributed by atoms with van der Waals surface area (Å²) in [7, 11) is 0. The van der Waals surface area contributed by atoms with Crippen molar-refractivity contribution < 1.29 is 19.1 Å². The van der Waals surface area contributed by atoms with Gasteiger partial charge in [0.05, 0.1) is 18.5 Å². The Labute approximate surface area is 125 Å². The van der Waals surface area contributed by atoms with Gasteiger partial charge in [0.25, 0.3) is 0 Å². The molecule has 0 aromatic heterocycles. The minimum atomic E-state index is -0.674. The van der Waals surface area contributed by atoms with E-state index in [1.165, 1.54) is 11.8 Å². The molecule has 0 heterocycles. The highest BCUT2D eigenvalue weighted by molar-refractivity contribution is 8.00. The van der Waals surface area contributed by atoms with E-state index in [4.69, 9.17) is 15.2 Å². The highest BCUT2D eigenvalue weighted by Gasteiger charge is 2.14. The lowest BCUT2D eigenvalue weighted by atomic mass is 10.4. The number of nitrogens with one attached hydrogen (secondary N) is 1. The average molecular weight is 306 g/mol. The molecule has 0 rings (SSSR count). The molecule has 0 aromatic rings. The molecular formula is C13H26N2O4S. The second kappa shape index (κ2) is 12.0. The van der Waals surface area contributed by atoms with Crippen molar-refractivity contribution in [3.8, 4) is 0 Å². The molecule has 1 amide bonds. The van der Waals surface area contributed by atoms with Crippen molar-refractivity contribution in [2.24, 2.45) is 5.73 Å². The van der Waals surface area contributed by atoms with Gasteiger partial charge in [-0.05, 0) is 27.2 Å². The molecule has 20 heavy (non-hydrogen) atoms. The van der Waals surface area contributed by atoms with E-state index in [-0.39, 0.29) is 17.8 Å². The number of carbonyl (C=O) groups is 2. The summed E-state index contributed by atoms with van der Waals surface area (Å²) in [6.45, 7) is 7.23. The lowest BCUT2D eigenvalue weighted by Gasteiger charge is -2.10. The summed E-state index contributed by atoms with van der Waals surface area (Å²) in [5, 5.41) is 2.79. The standard InChI is InChI=1S/C13H26N2O4S/c1-4-18-13(17)11(14)8-20-9-12(16)15-6-5-7-19-10(2)3/h10-11H,4-9,14H2,1-3H3,(H,15,16). The summed E-state index contributed by atoms with van der Waals surface area (Å²) in [6, 6.07) is -0.674. The van der Waals surface area contributed by atoms with E-state index in [0.29, 0.717) is 25.5 Å². The van der Waals surface area contributed by atoms with E-state index in [9.17, 15) is 9.59 Å². The van der Waals surface area contributed by atoms with Crippen molar-refractivity contribution >= 4 is 23.6 Å². The Kier molecular flexibility index (Phi) is 11.5. The molecule has 7 heteroatoms. The number of hydrogen-bond donors (Lipinski definition) is 2. The van der Waals surface area contributed by atoms with Crippen LogP contribution in [0.2, 0.25) is 0 Å². The summed E-state index contributed by atoms with van der Waals surface area (Å²) in [5.74, 6) is 0.183. The molecule has 0 aliphatic rings. The maximum absolute atomic E-state index is 11.5. The molecule has 3 N–H and O–H groups in total. The van der Waals surface area contributed by atoms with E-state index in [2.05, 4.69) is 5.32 Å². The van der Waals surface area contributed by atoms with E-state index >= 15 is 0 Å². The fourth-order valence-electron chi connectivity index (χ4n) is 1.27. The zero-order chi connectivity index (χ0) is 15.4. The van der Waals surface area contributed by atoms with E-state index in [1.54, 1.807) is 6.92 Å². The summed E-state index contributed by atoms with van der Waals surface area (Å²) < 4.78 is 10.1. The Balaban J connectivity index is 3.51. The maximum Gasteiger partial charge on any atom is 0.323 e. The first-order valence-electron chi connectivity index (χ1n) is 6.85. The molecule has 0 fully saturated rings. The number of thioether (sulfide) groups is 1. The van der Waals surface area contributed by atoms with Gasteiger partial charge in [-0.1, -0.05) is 0 Å². The Morgan fingerprint density at radius 1 is 1.35 bits per heavy atom. The SMILES string of the molecule is CCOC(=O)C(N)CSCC(=O)NCCCOC(C)C. The molecule has 1 unspecified atom stereocenters. The first-order valence-corrected chi connectivity index (χ1v) is 8.01. The lowest BCUT2D eigenvalue weighted by Crippen LogP contribution is -2.35. The molecular weight excluding hydrogens is 280 g/mol. The van der Waals surface area contributed by atoms with E-state index in [0.717, 1.165) is 6.42 Å². The molecule has 0 aliphatic heterocycles. The summed E-state index contributed by atoms with van der Waals surface area (Å²) in [6.07, 6.45) is 1.00. The zero-order valence-corrected chi connectivity index (χ0v) is 13.3. The third-order valence-corrected chi connectivity index (χ3v) is 3.28. The minimum absolute atomic E-state index is 0.0596. The van der Waals surface area contributed by atoms with Crippen molar-refractivity contribution in [3.05, 3.63) is 0 Å². The van der Waals surface area contributed by atoms with Gasteiger partial charge in [0, 0.05) is 18.9 Å². The van der Waals surface area contributed by atoms with E-state index in [1.807, 2.05) is 13.8 Å². The van der Waals surface area contributed by atoms with Crippen molar-refractivity contribution in [3.63, 3.8) is 0 Å². The molecule has 0 spiro atoms. The number of hydrogen-bond acceptors (Lipinski definition) is 6. The van der Waals surface area contributed by atoms with Crippen molar-refractivity contribution in [1.29, 1.82) is 0 Å². The first kappa shape index (κ1) is 19.2. The first-order chi connectivity index (χ1) is 9.47. The molecule has 0 saturated heterocycles. The number of carbonyl (C=O) groups excluding carboxylic acids is 2. The molecule has 0 aliphatic carbocycles.